The number of aromatic nitrogens is 2. The molecule has 0 aromatic carbocycles. The predicted octanol–water partition coefficient (Wildman–Crippen LogP) is -0.850. The van der Waals surface area contributed by atoms with E-state index in [-0.39, 0.29) is 72.0 Å². The highest BCUT2D eigenvalue weighted by Gasteiger charge is 2.60. The molecule has 3 aliphatic heterocycles. The zero-order valence-corrected chi connectivity index (χ0v) is 27.6. The van der Waals surface area contributed by atoms with E-state index in [0.29, 0.717) is 32.5 Å². The second-order valence-electron chi connectivity index (χ2n) is 10.8. The molecule has 2 amide bonds. The topological polar surface area (TPSA) is 114 Å². The van der Waals surface area contributed by atoms with Crippen LogP contribution in [0, 0.1) is 11.8 Å². The lowest BCUT2D eigenvalue weighted by atomic mass is 9.79. The normalized spacial score (nSPS) is 25.5. The molecule has 0 aliphatic carbocycles. The van der Waals surface area contributed by atoms with Crippen molar-refractivity contribution in [3.05, 3.63) is 54.1 Å². The Kier molecular flexibility index (Phi) is 12.1. The summed E-state index contributed by atoms with van der Waals surface area (Å²) < 4.78 is 20.2. The highest BCUT2D eigenvalue weighted by atomic mass is 127. The van der Waals surface area contributed by atoms with Gasteiger partial charge in [-0.3, -0.25) is 4.79 Å². The summed E-state index contributed by atoms with van der Waals surface area (Å²) in [5, 5.41) is 10.2. The van der Waals surface area contributed by atoms with Crippen molar-refractivity contribution >= 4 is 29.7 Å². The van der Waals surface area contributed by atoms with Gasteiger partial charge < -0.3 is 53.1 Å². The molecule has 1 aromatic heterocycles. The van der Waals surface area contributed by atoms with E-state index in [4.69, 9.17) is 14.2 Å². The van der Waals surface area contributed by atoms with E-state index in [2.05, 4.69) is 17.7 Å². The number of β-lactam (4-membered cyclic amide) rings is 1. The molecule has 2 fully saturated rings. The average molecular weight is 717 g/mol. The standard InChI is InChI=1S/C29H41N4O7S.HI/c1-7-11-39-28(36)25-26(18(3)24-23(19(4)34)27(35)33(24)25)41-22-13-20(32(15-22)29(37)40-12-8-2)9-10-31-17-30(5)14-21(31)16-38-6;/h7-8,14,17-20,22-24,34H,1-2,9-13,15-16H2,3-6H3;1H/q+1;/p-1/t18-,19-,20-,22+,23-,24-;/m1./s1. The molecule has 2 saturated heterocycles. The minimum Gasteiger partial charge on any atom is -1.00 e. The first-order valence-corrected chi connectivity index (χ1v) is 14.8. The summed E-state index contributed by atoms with van der Waals surface area (Å²) in [6.07, 6.45) is 7.19. The minimum atomic E-state index is -0.828. The number of carbonyl (C=O) groups is 3. The number of aryl methyl sites for hydroxylation is 2. The van der Waals surface area contributed by atoms with Crippen LogP contribution in [-0.2, 0) is 44.0 Å². The van der Waals surface area contributed by atoms with Crippen molar-refractivity contribution in [1.29, 1.82) is 0 Å². The maximum Gasteiger partial charge on any atom is 0.410 e. The molecular weight excluding hydrogens is 675 g/mol. The fourth-order valence-corrected chi connectivity index (χ4v) is 7.68. The Balaban J connectivity index is 0.00000484. The van der Waals surface area contributed by atoms with E-state index in [1.165, 1.54) is 28.8 Å². The number of methoxy groups -OCH3 is 1. The molecule has 42 heavy (non-hydrogen) atoms. The molecule has 0 saturated carbocycles. The van der Waals surface area contributed by atoms with Crippen LogP contribution >= 0.6 is 11.8 Å². The van der Waals surface area contributed by atoms with Crippen molar-refractivity contribution in [3.8, 4) is 0 Å². The van der Waals surface area contributed by atoms with Crippen LogP contribution in [0.15, 0.2) is 48.4 Å². The monoisotopic (exact) mass is 716 g/mol. The lowest BCUT2D eigenvalue weighted by molar-refractivity contribution is -0.671. The van der Waals surface area contributed by atoms with Gasteiger partial charge in [-0.05, 0) is 13.3 Å². The number of aliphatic hydroxyl groups excluding tert-OH is 1. The summed E-state index contributed by atoms with van der Waals surface area (Å²) in [5.74, 6) is -1.60. The van der Waals surface area contributed by atoms with Crippen molar-refractivity contribution in [2.75, 3.05) is 26.9 Å². The van der Waals surface area contributed by atoms with E-state index in [1.807, 2.05) is 31.1 Å². The summed E-state index contributed by atoms with van der Waals surface area (Å²) in [7, 11) is 3.62. The first-order chi connectivity index (χ1) is 19.6. The zero-order valence-electron chi connectivity index (χ0n) is 24.6. The number of thioether (sulfide) groups is 1. The maximum absolute atomic E-state index is 13.1. The molecule has 13 heteroatoms. The van der Waals surface area contributed by atoms with Gasteiger partial charge in [0.2, 0.25) is 12.2 Å². The van der Waals surface area contributed by atoms with Gasteiger partial charge >= 0.3 is 12.1 Å². The second-order valence-corrected chi connectivity index (χ2v) is 12.2. The smallest absolute Gasteiger partial charge is 0.410 e. The van der Waals surface area contributed by atoms with Crippen LogP contribution in [0.3, 0.4) is 0 Å². The number of imidazole rings is 1. The van der Waals surface area contributed by atoms with Crippen LogP contribution in [0.2, 0.25) is 0 Å². The molecule has 0 unspecified atom stereocenters. The zero-order chi connectivity index (χ0) is 29.8. The fraction of sp³-hybridized carbons (Fsp3) is 0.586. The summed E-state index contributed by atoms with van der Waals surface area (Å²) >= 11 is 1.52. The highest BCUT2D eigenvalue weighted by Crippen LogP contribution is 2.52. The number of ether oxygens (including phenoxy) is 3. The van der Waals surface area contributed by atoms with E-state index >= 15 is 0 Å². The number of carbonyl (C=O) groups excluding carboxylic acids is 3. The maximum atomic E-state index is 13.1. The Labute approximate surface area is 268 Å². The van der Waals surface area contributed by atoms with Crippen LogP contribution in [0.5, 0.6) is 0 Å². The number of nitrogens with zero attached hydrogens (tertiary/aromatic N) is 4. The van der Waals surface area contributed by atoms with Crippen LogP contribution in [-0.4, -0.2) is 87.7 Å². The van der Waals surface area contributed by atoms with E-state index < -0.39 is 24.1 Å². The first kappa shape index (κ1) is 34.1. The van der Waals surface area contributed by atoms with E-state index in [1.54, 1.807) is 18.9 Å². The Morgan fingerprint density at radius 3 is 2.60 bits per heavy atom. The largest absolute Gasteiger partial charge is 1.00 e. The highest BCUT2D eigenvalue weighted by molar-refractivity contribution is 8.03. The van der Waals surface area contributed by atoms with Gasteiger partial charge in [-0.15, -0.1) is 11.8 Å². The molecule has 11 nitrogen and oxygen atoms in total. The van der Waals surface area contributed by atoms with Crippen molar-refractivity contribution in [1.82, 2.24) is 14.4 Å². The Bertz CT molecular complexity index is 1220. The van der Waals surface area contributed by atoms with Crippen molar-refractivity contribution in [3.63, 3.8) is 0 Å². The number of halogens is 1. The molecule has 232 valence electrons. The van der Waals surface area contributed by atoms with Crippen LogP contribution in [0.1, 0.15) is 32.4 Å². The van der Waals surface area contributed by atoms with Crippen LogP contribution in [0.4, 0.5) is 4.79 Å². The van der Waals surface area contributed by atoms with E-state index in [9.17, 15) is 19.5 Å². The van der Waals surface area contributed by atoms with Crippen LogP contribution < -0.4 is 28.5 Å². The molecule has 1 N–H and O–H groups in total. The molecule has 0 radical (unpaired) electrons. The van der Waals surface area contributed by atoms with Gasteiger partial charge in [0, 0.05) is 42.2 Å². The molecule has 4 heterocycles. The number of hydrogen-bond acceptors (Lipinski definition) is 8. The number of amides is 2. The summed E-state index contributed by atoms with van der Waals surface area (Å²) in [6.45, 7) is 12.6. The molecule has 3 aliphatic rings. The summed E-state index contributed by atoms with van der Waals surface area (Å²) in [5.41, 5.74) is 1.28. The van der Waals surface area contributed by atoms with Gasteiger partial charge in [0.15, 0.2) is 5.69 Å². The van der Waals surface area contributed by atoms with Gasteiger partial charge in [0.25, 0.3) is 0 Å². The second kappa shape index (κ2) is 14.9. The number of rotatable bonds is 13. The molecule has 0 bridgehead atoms. The third-order valence-corrected chi connectivity index (χ3v) is 9.40. The van der Waals surface area contributed by atoms with Crippen LogP contribution in [0.25, 0.3) is 0 Å². The molecule has 1 aromatic rings. The number of likely N-dealkylation sites (tertiary alicyclic amines) is 1. The van der Waals surface area contributed by atoms with Gasteiger partial charge in [0.05, 0.1) is 31.7 Å². The van der Waals surface area contributed by atoms with Crippen molar-refractivity contribution in [2.45, 2.75) is 63.3 Å². The van der Waals surface area contributed by atoms with Gasteiger partial charge in [-0.2, -0.15) is 0 Å². The van der Waals surface area contributed by atoms with Crippen molar-refractivity contribution in [2.24, 2.45) is 18.9 Å². The Morgan fingerprint density at radius 1 is 1.26 bits per heavy atom. The molecular formula is C29H41IN4O7S. The van der Waals surface area contributed by atoms with Gasteiger partial charge in [-0.25, -0.2) is 18.7 Å². The molecule has 0 spiro atoms. The third-order valence-electron chi connectivity index (χ3n) is 7.90. The quantitative estimate of drug-likeness (QED) is 0.0925. The van der Waals surface area contributed by atoms with Gasteiger partial charge in [0.1, 0.15) is 31.7 Å². The third kappa shape index (κ3) is 6.89. The number of aliphatic hydroxyl groups is 1. The molecule has 6 atom stereocenters. The Hall–Kier alpha value is -2.36. The number of hydrogen-bond donors (Lipinski definition) is 1. The number of esters is 1. The van der Waals surface area contributed by atoms with E-state index in [0.717, 1.165) is 10.6 Å². The summed E-state index contributed by atoms with van der Waals surface area (Å²) in [6, 6.07) is -0.402. The average Bonchev–Trinajstić information content (AvgIpc) is 3.57. The number of fused-ring (bicyclic) bond motifs is 1. The van der Waals surface area contributed by atoms with Gasteiger partial charge in [-0.1, -0.05) is 32.2 Å². The first-order valence-electron chi connectivity index (χ1n) is 13.9. The SMILES string of the molecule is C=CCOC(=O)C1=C(S[C@H]2C[C@@H](CCn3c[n+](C)cc3COC)N(C(=O)OCC=C)C2)[C@H](C)[C@@H]2[C@@H]([C@@H](C)O)C(=O)N12.[I-]. The minimum absolute atomic E-state index is 0. The lowest BCUT2D eigenvalue weighted by Crippen LogP contribution is -3.00. The van der Waals surface area contributed by atoms with Crippen molar-refractivity contribution < 1.29 is 62.2 Å². The molecule has 4 rings (SSSR count). The fourth-order valence-electron chi connectivity index (χ4n) is 6.12. The summed E-state index contributed by atoms with van der Waals surface area (Å²) in [4.78, 5) is 43.2. The lowest BCUT2D eigenvalue weighted by Gasteiger charge is -2.46. The Morgan fingerprint density at radius 2 is 1.95 bits per heavy atom. The predicted molar refractivity (Wildman–Crippen MR) is 152 cm³/mol.